The van der Waals surface area contributed by atoms with Crippen LogP contribution in [-0.2, 0) is 9.84 Å². The maximum Gasteiger partial charge on any atom is 0.175 e. The van der Waals surface area contributed by atoms with Crippen molar-refractivity contribution < 1.29 is 13.2 Å². The number of sulfone groups is 1. The highest BCUT2D eigenvalue weighted by molar-refractivity contribution is 7.90. The lowest BCUT2D eigenvalue weighted by atomic mass is 10.1. The minimum atomic E-state index is -3.28. The molecule has 0 aliphatic rings. The monoisotopic (exact) mass is 327 g/mol. The van der Waals surface area contributed by atoms with E-state index in [-0.39, 0.29) is 4.90 Å². The molecule has 2 aromatic carbocycles. The Hall–Kier alpha value is -2.85. The predicted octanol–water partition coefficient (Wildman–Crippen LogP) is 2.51. The third-order valence-electron chi connectivity index (χ3n) is 3.47. The molecule has 0 unspecified atom stereocenters. The Kier molecular flexibility index (Phi) is 3.54. The molecule has 0 radical (unpaired) electrons. The van der Waals surface area contributed by atoms with Crippen molar-refractivity contribution in [3.63, 3.8) is 0 Å². The first-order valence-corrected chi connectivity index (χ1v) is 8.60. The van der Waals surface area contributed by atoms with Gasteiger partial charge in [-0.15, -0.1) is 0 Å². The highest BCUT2D eigenvalue weighted by Crippen LogP contribution is 2.27. The summed E-state index contributed by atoms with van der Waals surface area (Å²) in [6, 6.07) is 12.0. The number of imidazole rings is 1. The molecule has 6 nitrogen and oxygen atoms in total. The van der Waals surface area contributed by atoms with E-state index in [2.05, 4.69) is 16.0 Å². The molecule has 1 N–H and O–H groups in total. The van der Waals surface area contributed by atoms with Crippen molar-refractivity contribution >= 4 is 20.9 Å². The minimum Gasteiger partial charge on any atom is -0.495 e. The van der Waals surface area contributed by atoms with Gasteiger partial charge in [0.15, 0.2) is 9.84 Å². The van der Waals surface area contributed by atoms with Gasteiger partial charge in [-0.1, -0.05) is 0 Å². The SMILES string of the molecule is COc1ccc(-c2nc3ccc(S(C)(=O)=O)cc3[nH]2)cc1C#N. The van der Waals surface area contributed by atoms with Crippen LogP contribution in [0.3, 0.4) is 0 Å². The van der Waals surface area contributed by atoms with Gasteiger partial charge in [-0.3, -0.25) is 0 Å². The van der Waals surface area contributed by atoms with Crippen LogP contribution in [0.25, 0.3) is 22.4 Å². The van der Waals surface area contributed by atoms with Crippen molar-refractivity contribution in [3.05, 3.63) is 42.0 Å². The zero-order valence-electron chi connectivity index (χ0n) is 12.5. The number of nitriles is 1. The third kappa shape index (κ3) is 2.76. The number of nitrogens with zero attached hydrogens (tertiary/aromatic N) is 2. The van der Waals surface area contributed by atoms with Gasteiger partial charge in [-0.25, -0.2) is 13.4 Å². The molecule has 0 saturated heterocycles. The Morgan fingerprint density at radius 2 is 2.00 bits per heavy atom. The molecule has 1 aromatic heterocycles. The van der Waals surface area contributed by atoms with Crippen molar-refractivity contribution in [2.75, 3.05) is 13.4 Å². The number of hydrogen-bond donors (Lipinski definition) is 1. The summed E-state index contributed by atoms with van der Waals surface area (Å²) in [5.74, 6) is 1.05. The van der Waals surface area contributed by atoms with Gasteiger partial charge in [0.05, 0.1) is 28.6 Å². The van der Waals surface area contributed by atoms with Crippen LogP contribution in [0, 0.1) is 11.3 Å². The summed E-state index contributed by atoms with van der Waals surface area (Å²) in [4.78, 5) is 7.75. The van der Waals surface area contributed by atoms with Crippen molar-refractivity contribution in [3.8, 4) is 23.2 Å². The van der Waals surface area contributed by atoms with Crippen LogP contribution in [0.1, 0.15) is 5.56 Å². The second-order valence-corrected chi connectivity index (χ2v) is 7.08. The molecule has 23 heavy (non-hydrogen) atoms. The molecule has 0 saturated carbocycles. The fourth-order valence-corrected chi connectivity index (χ4v) is 2.95. The molecule has 0 fully saturated rings. The van der Waals surface area contributed by atoms with Crippen LogP contribution in [0.15, 0.2) is 41.3 Å². The Morgan fingerprint density at radius 3 is 2.65 bits per heavy atom. The van der Waals surface area contributed by atoms with E-state index in [1.807, 2.05) is 0 Å². The number of methoxy groups -OCH3 is 1. The molecule has 3 rings (SSSR count). The molecule has 0 amide bonds. The van der Waals surface area contributed by atoms with Crippen molar-refractivity contribution in [2.45, 2.75) is 4.90 Å². The summed E-state index contributed by atoms with van der Waals surface area (Å²) in [5.41, 5.74) is 2.40. The number of rotatable bonds is 3. The smallest absolute Gasteiger partial charge is 0.175 e. The number of hydrogen-bond acceptors (Lipinski definition) is 5. The lowest BCUT2D eigenvalue weighted by molar-refractivity contribution is 0.413. The van der Waals surface area contributed by atoms with Crippen molar-refractivity contribution in [2.24, 2.45) is 0 Å². The maximum atomic E-state index is 11.6. The Labute approximate surface area is 133 Å². The first-order chi connectivity index (χ1) is 10.9. The molecular formula is C16H13N3O3S. The maximum absolute atomic E-state index is 11.6. The average molecular weight is 327 g/mol. The van der Waals surface area contributed by atoms with Crippen LogP contribution < -0.4 is 4.74 Å². The van der Waals surface area contributed by atoms with E-state index in [1.165, 1.54) is 13.2 Å². The van der Waals surface area contributed by atoms with E-state index in [1.54, 1.807) is 30.3 Å². The quantitative estimate of drug-likeness (QED) is 0.797. The molecule has 0 spiro atoms. The number of H-pyrrole nitrogens is 1. The fraction of sp³-hybridized carbons (Fsp3) is 0.125. The number of aromatic nitrogens is 2. The van der Waals surface area contributed by atoms with E-state index in [9.17, 15) is 8.42 Å². The topological polar surface area (TPSA) is 95.8 Å². The van der Waals surface area contributed by atoms with Gasteiger partial charge in [0, 0.05) is 11.8 Å². The van der Waals surface area contributed by atoms with Crippen LogP contribution >= 0.6 is 0 Å². The van der Waals surface area contributed by atoms with E-state index >= 15 is 0 Å². The van der Waals surface area contributed by atoms with E-state index in [0.29, 0.717) is 28.2 Å². The molecule has 0 aliphatic heterocycles. The van der Waals surface area contributed by atoms with Crippen molar-refractivity contribution in [1.29, 1.82) is 5.26 Å². The van der Waals surface area contributed by atoms with Crippen LogP contribution in [0.4, 0.5) is 0 Å². The van der Waals surface area contributed by atoms with Gasteiger partial charge >= 0.3 is 0 Å². The zero-order valence-corrected chi connectivity index (χ0v) is 13.3. The minimum absolute atomic E-state index is 0.229. The van der Waals surface area contributed by atoms with Gasteiger partial charge < -0.3 is 9.72 Å². The normalized spacial score (nSPS) is 11.3. The Bertz CT molecular complexity index is 1050. The summed E-state index contributed by atoms with van der Waals surface area (Å²) < 4.78 is 28.4. The lowest BCUT2D eigenvalue weighted by Gasteiger charge is -2.03. The second-order valence-electron chi connectivity index (χ2n) is 5.06. The highest BCUT2D eigenvalue weighted by atomic mass is 32.2. The third-order valence-corrected chi connectivity index (χ3v) is 4.59. The highest BCUT2D eigenvalue weighted by Gasteiger charge is 2.12. The molecule has 1 heterocycles. The van der Waals surface area contributed by atoms with Crippen LogP contribution in [0.2, 0.25) is 0 Å². The summed E-state index contributed by atoms with van der Waals surface area (Å²) in [6.45, 7) is 0. The largest absolute Gasteiger partial charge is 0.495 e. The van der Waals surface area contributed by atoms with Crippen molar-refractivity contribution in [1.82, 2.24) is 9.97 Å². The van der Waals surface area contributed by atoms with Gasteiger partial charge in [0.1, 0.15) is 17.6 Å². The standard InChI is InChI=1S/C16H13N3O3S/c1-22-15-6-3-10(7-11(15)9-17)16-18-13-5-4-12(23(2,20)21)8-14(13)19-16/h3-8H,1-2H3,(H,18,19). The van der Waals surface area contributed by atoms with Gasteiger partial charge in [0.25, 0.3) is 0 Å². The van der Waals surface area contributed by atoms with Crippen LogP contribution in [-0.4, -0.2) is 31.8 Å². The summed E-state index contributed by atoms with van der Waals surface area (Å²) in [5, 5.41) is 9.16. The molecule has 0 aliphatic carbocycles. The summed E-state index contributed by atoms with van der Waals surface area (Å²) >= 11 is 0. The molecular weight excluding hydrogens is 314 g/mol. The van der Waals surface area contributed by atoms with Gasteiger partial charge in [-0.05, 0) is 36.4 Å². The number of fused-ring (bicyclic) bond motifs is 1. The Morgan fingerprint density at radius 1 is 1.22 bits per heavy atom. The van der Waals surface area contributed by atoms with E-state index in [0.717, 1.165) is 11.8 Å². The molecule has 0 atom stereocenters. The molecule has 0 bridgehead atoms. The van der Waals surface area contributed by atoms with Gasteiger partial charge in [0.2, 0.25) is 0 Å². The first-order valence-electron chi connectivity index (χ1n) is 6.70. The first kappa shape index (κ1) is 15.1. The number of benzene rings is 2. The zero-order chi connectivity index (χ0) is 16.6. The molecule has 3 aromatic rings. The fourth-order valence-electron chi connectivity index (χ4n) is 2.30. The number of ether oxygens (including phenoxy) is 1. The summed E-state index contributed by atoms with van der Waals surface area (Å²) in [6.07, 6.45) is 1.16. The Balaban J connectivity index is 2.13. The van der Waals surface area contributed by atoms with Gasteiger partial charge in [-0.2, -0.15) is 5.26 Å². The lowest BCUT2D eigenvalue weighted by Crippen LogP contribution is -1.96. The van der Waals surface area contributed by atoms with E-state index in [4.69, 9.17) is 10.00 Å². The summed E-state index contributed by atoms with van der Waals surface area (Å²) in [7, 11) is -1.77. The van der Waals surface area contributed by atoms with Crippen LogP contribution in [0.5, 0.6) is 5.75 Å². The number of aromatic amines is 1. The molecule has 116 valence electrons. The second kappa shape index (κ2) is 5.41. The molecule has 7 heteroatoms. The van der Waals surface area contributed by atoms with E-state index < -0.39 is 9.84 Å². The average Bonchev–Trinajstić information content (AvgIpc) is 2.96. The number of nitrogens with one attached hydrogen (secondary N) is 1. The predicted molar refractivity (Wildman–Crippen MR) is 85.9 cm³/mol.